The summed E-state index contributed by atoms with van der Waals surface area (Å²) in [5.41, 5.74) is 1.25. The molecule has 170 valence electrons. The molecule has 0 saturated carbocycles. The van der Waals surface area contributed by atoms with E-state index >= 15 is 0 Å². The number of hydrogen-bond donors (Lipinski definition) is 3. The highest BCUT2D eigenvalue weighted by molar-refractivity contribution is 7.89. The summed E-state index contributed by atoms with van der Waals surface area (Å²) in [5, 5.41) is 13.2. The van der Waals surface area contributed by atoms with Crippen LogP contribution in [-0.2, 0) is 14.8 Å². The van der Waals surface area contributed by atoms with Gasteiger partial charge < -0.3 is 24.6 Å². The zero-order valence-electron chi connectivity index (χ0n) is 18.0. The molecule has 1 amide bonds. The number of aryl methyl sites for hydroxylation is 1. The van der Waals surface area contributed by atoms with Gasteiger partial charge in [-0.1, -0.05) is 6.07 Å². The number of benzene rings is 2. The number of carbonyl (C=O) groups excluding carboxylic acids is 1. The average Bonchev–Trinajstić information content (AvgIpc) is 2.76. The van der Waals surface area contributed by atoms with E-state index in [2.05, 4.69) is 10.0 Å². The van der Waals surface area contributed by atoms with Gasteiger partial charge in [0, 0.05) is 31.3 Å². The monoisotopic (exact) mass is 452 g/mol. The quantitative estimate of drug-likeness (QED) is 0.440. The zero-order valence-corrected chi connectivity index (χ0v) is 18.8. The molecule has 0 spiro atoms. The first-order chi connectivity index (χ1) is 14.7. The Morgan fingerprint density at radius 1 is 1.10 bits per heavy atom. The summed E-state index contributed by atoms with van der Waals surface area (Å²) in [6, 6.07) is 9.27. The molecule has 3 N–H and O–H groups in total. The molecule has 2 aromatic rings. The van der Waals surface area contributed by atoms with Crippen molar-refractivity contribution >= 4 is 15.9 Å². The summed E-state index contributed by atoms with van der Waals surface area (Å²) >= 11 is 0. The van der Waals surface area contributed by atoms with Gasteiger partial charge in [-0.3, -0.25) is 4.79 Å². The van der Waals surface area contributed by atoms with Gasteiger partial charge in [-0.2, -0.15) is 0 Å². The maximum Gasteiger partial charge on any atom is 0.251 e. The molecule has 1 unspecified atom stereocenters. The summed E-state index contributed by atoms with van der Waals surface area (Å²) in [6.45, 7) is 1.93. The number of nitrogens with one attached hydrogen (secondary N) is 2. The Balaban J connectivity index is 2.15. The Kier molecular flexibility index (Phi) is 8.81. The average molecular weight is 453 g/mol. The number of amides is 1. The van der Waals surface area contributed by atoms with Gasteiger partial charge in [0.05, 0.1) is 25.7 Å². The van der Waals surface area contributed by atoms with Crippen molar-refractivity contribution in [1.29, 1.82) is 0 Å². The Morgan fingerprint density at radius 2 is 1.84 bits per heavy atom. The smallest absolute Gasteiger partial charge is 0.251 e. The normalized spacial score (nSPS) is 12.3. The summed E-state index contributed by atoms with van der Waals surface area (Å²) < 4.78 is 42.5. The lowest BCUT2D eigenvalue weighted by molar-refractivity contribution is 0.0913. The number of carbonyl (C=O) groups is 1. The van der Waals surface area contributed by atoms with Crippen LogP contribution in [-0.4, -0.2) is 60.5 Å². The molecule has 0 aliphatic rings. The van der Waals surface area contributed by atoms with E-state index in [-0.39, 0.29) is 30.2 Å². The molecule has 10 heteroatoms. The van der Waals surface area contributed by atoms with E-state index in [1.165, 1.54) is 33.5 Å². The van der Waals surface area contributed by atoms with Crippen LogP contribution in [0.5, 0.6) is 11.5 Å². The fourth-order valence-corrected chi connectivity index (χ4v) is 3.91. The number of hydrogen-bond acceptors (Lipinski definition) is 7. The molecule has 0 fully saturated rings. The van der Waals surface area contributed by atoms with Crippen molar-refractivity contribution in [3.8, 4) is 11.5 Å². The summed E-state index contributed by atoms with van der Waals surface area (Å²) in [7, 11) is 0.671. The van der Waals surface area contributed by atoms with Crippen molar-refractivity contribution in [3.05, 3.63) is 53.1 Å². The minimum Gasteiger partial charge on any atom is -0.497 e. The van der Waals surface area contributed by atoms with Crippen molar-refractivity contribution in [2.75, 3.05) is 41.0 Å². The second-order valence-electron chi connectivity index (χ2n) is 6.70. The summed E-state index contributed by atoms with van der Waals surface area (Å²) in [6.07, 6.45) is -1.06. The number of rotatable bonds is 11. The maximum atomic E-state index is 12.7. The fourth-order valence-electron chi connectivity index (χ4n) is 2.87. The highest BCUT2D eigenvalue weighted by Crippen LogP contribution is 2.29. The lowest BCUT2D eigenvalue weighted by Crippen LogP contribution is -2.30. The molecule has 0 saturated heterocycles. The molecule has 0 heterocycles. The van der Waals surface area contributed by atoms with Crippen molar-refractivity contribution in [1.82, 2.24) is 10.0 Å². The predicted octanol–water partition coefficient (Wildman–Crippen LogP) is 1.40. The van der Waals surface area contributed by atoms with Crippen LogP contribution in [0.3, 0.4) is 0 Å². The van der Waals surface area contributed by atoms with Crippen LogP contribution >= 0.6 is 0 Å². The third kappa shape index (κ3) is 6.41. The van der Waals surface area contributed by atoms with Crippen molar-refractivity contribution in [2.45, 2.75) is 17.9 Å². The van der Waals surface area contributed by atoms with E-state index < -0.39 is 22.0 Å². The summed E-state index contributed by atoms with van der Waals surface area (Å²) in [5.74, 6) is 0.484. The molecule has 0 radical (unpaired) electrons. The van der Waals surface area contributed by atoms with Gasteiger partial charge in [0.2, 0.25) is 10.0 Å². The van der Waals surface area contributed by atoms with E-state index in [1.54, 1.807) is 31.2 Å². The number of methoxy groups -OCH3 is 3. The van der Waals surface area contributed by atoms with Crippen molar-refractivity contribution < 1.29 is 32.5 Å². The minimum absolute atomic E-state index is 0.0330. The third-order valence-corrected chi connectivity index (χ3v) is 6.07. The fraction of sp³-hybridized carbons (Fsp3) is 0.381. The SMILES string of the molecule is COCCNS(=O)(=O)c1ccc(C)c(C(=O)NCC(O)c2cc(OC)ccc2OC)c1. The van der Waals surface area contributed by atoms with Gasteiger partial charge in [0.1, 0.15) is 17.6 Å². The molecule has 0 aliphatic carbocycles. The van der Waals surface area contributed by atoms with Crippen LogP contribution < -0.4 is 19.5 Å². The number of aliphatic hydroxyl groups is 1. The molecule has 0 bridgehead atoms. The predicted molar refractivity (Wildman–Crippen MR) is 115 cm³/mol. The molecular formula is C21H28N2O7S. The van der Waals surface area contributed by atoms with Crippen LogP contribution in [0.4, 0.5) is 0 Å². The number of aliphatic hydroxyl groups excluding tert-OH is 1. The standard InChI is InChI=1S/C21H28N2O7S/c1-14-5-7-16(31(26,27)23-9-10-28-2)12-17(14)21(25)22-13-19(24)18-11-15(29-3)6-8-20(18)30-4/h5-8,11-12,19,23-24H,9-10,13H2,1-4H3,(H,22,25). The van der Waals surface area contributed by atoms with Gasteiger partial charge in [-0.15, -0.1) is 0 Å². The molecule has 1 atom stereocenters. The van der Waals surface area contributed by atoms with Crippen molar-refractivity contribution in [2.24, 2.45) is 0 Å². The van der Waals surface area contributed by atoms with Crippen LogP contribution in [0.15, 0.2) is 41.3 Å². The second-order valence-corrected chi connectivity index (χ2v) is 8.47. The van der Waals surface area contributed by atoms with E-state index in [4.69, 9.17) is 14.2 Å². The Labute approximate surface area is 182 Å². The number of sulfonamides is 1. The van der Waals surface area contributed by atoms with Crippen LogP contribution in [0.2, 0.25) is 0 Å². The van der Waals surface area contributed by atoms with Crippen LogP contribution in [0, 0.1) is 6.92 Å². The van der Waals surface area contributed by atoms with E-state index in [0.717, 1.165) is 0 Å². The first-order valence-electron chi connectivity index (χ1n) is 9.51. The minimum atomic E-state index is -3.79. The number of ether oxygens (including phenoxy) is 3. The zero-order chi connectivity index (χ0) is 23.0. The van der Waals surface area contributed by atoms with Gasteiger partial charge in [-0.05, 0) is 42.8 Å². The topological polar surface area (TPSA) is 123 Å². The molecule has 0 aliphatic heterocycles. The largest absolute Gasteiger partial charge is 0.497 e. The van der Waals surface area contributed by atoms with Gasteiger partial charge in [0.15, 0.2) is 0 Å². The molecule has 2 rings (SSSR count). The van der Waals surface area contributed by atoms with E-state index in [1.807, 2.05) is 0 Å². The van der Waals surface area contributed by atoms with Crippen LogP contribution in [0.1, 0.15) is 27.6 Å². The highest BCUT2D eigenvalue weighted by atomic mass is 32.2. The first-order valence-corrected chi connectivity index (χ1v) is 11.0. The van der Waals surface area contributed by atoms with E-state index in [9.17, 15) is 18.3 Å². The third-order valence-electron chi connectivity index (χ3n) is 4.61. The molecular weight excluding hydrogens is 424 g/mol. The van der Waals surface area contributed by atoms with Gasteiger partial charge in [-0.25, -0.2) is 13.1 Å². The Bertz CT molecular complexity index is 1010. The first kappa shape index (κ1) is 24.6. The molecule has 0 aromatic heterocycles. The maximum absolute atomic E-state index is 12.7. The molecule has 31 heavy (non-hydrogen) atoms. The van der Waals surface area contributed by atoms with Crippen molar-refractivity contribution in [3.63, 3.8) is 0 Å². The second kappa shape index (κ2) is 11.1. The van der Waals surface area contributed by atoms with Gasteiger partial charge in [0.25, 0.3) is 5.91 Å². The lowest BCUT2D eigenvalue weighted by atomic mass is 10.1. The van der Waals surface area contributed by atoms with E-state index in [0.29, 0.717) is 22.6 Å². The molecule has 2 aromatic carbocycles. The Hall–Kier alpha value is -2.66. The molecule has 9 nitrogen and oxygen atoms in total. The van der Waals surface area contributed by atoms with Gasteiger partial charge >= 0.3 is 0 Å². The van der Waals surface area contributed by atoms with Crippen LogP contribution in [0.25, 0.3) is 0 Å². The summed E-state index contributed by atoms with van der Waals surface area (Å²) in [4.78, 5) is 12.7. The highest BCUT2D eigenvalue weighted by Gasteiger charge is 2.20. The Morgan fingerprint density at radius 3 is 2.48 bits per heavy atom. The lowest BCUT2D eigenvalue weighted by Gasteiger charge is -2.17.